The van der Waals surface area contributed by atoms with Gasteiger partial charge in [-0.25, -0.2) is 0 Å². The van der Waals surface area contributed by atoms with Crippen LogP contribution < -0.4 is 5.32 Å². The minimum absolute atomic E-state index is 0.191. The average molecular weight is 253 g/mol. The molecule has 0 aromatic carbocycles. The van der Waals surface area contributed by atoms with Crippen LogP contribution in [0.5, 0.6) is 0 Å². The maximum Gasteiger partial charge on any atom is 0.326 e. The van der Waals surface area contributed by atoms with E-state index in [0.29, 0.717) is 6.61 Å². The molecule has 1 unspecified atom stereocenters. The summed E-state index contributed by atoms with van der Waals surface area (Å²) in [6, 6.07) is 0. The second kappa shape index (κ2) is 6.54. The summed E-state index contributed by atoms with van der Waals surface area (Å²) in [5.41, 5.74) is 0.537. The molecule has 1 atom stereocenters. The minimum atomic E-state index is -0.613. The second-order valence-corrected chi connectivity index (χ2v) is 4.69. The average Bonchev–Trinajstić information content (AvgIpc) is 2.75. The Morgan fingerprint density at radius 1 is 1.61 bits per heavy atom. The van der Waals surface area contributed by atoms with Gasteiger partial charge in [-0.05, 0) is 46.2 Å². The van der Waals surface area contributed by atoms with E-state index in [2.05, 4.69) is 10.4 Å². The predicted molar refractivity (Wildman–Crippen MR) is 70.3 cm³/mol. The van der Waals surface area contributed by atoms with Crippen molar-refractivity contribution < 1.29 is 9.53 Å². The number of esters is 1. The van der Waals surface area contributed by atoms with Crippen molar-refractivity contribution in [3.05, 3.63) is 18.0 Å². The first kappa shape index (κ1) is 14.7. The van der Waals surface area contributed by atoms with Crippen molar-refractivity contribution in [2.24, 2.45) is 0 Å². The Morgan fingerprint density at radius 3 is 2.83 bits per heavy atom. The lowest BCUT2D eigenvalue weighted by Gasteiger charge is -2.26. The number of hydrogen-bond donors (Lipinski definition) is 1. The molecule has 0 aliphatic rings. The molecule has 0 radical (unpaired) electrons. The molecular weight excluding hydrogens is 230 g/mol. The number of likely N-dealkylation sites (N-methyl/N-ethyl adjacent to an activating group) is 1. The maximum atomic E-state index is 11.8. The summed E-state index contributed by atoms with van der Waals surface area (Å²) in [6.07, 6.45) is 5.43. The second-order valence-electron chi connectivity index (χ2n) is 4.69. The van der Waals surface area contributed by atoms with Gasteiger partial charge in [-0.15, -0.1) is 0 Å². The van der Waals surface area contributed by atoms with E-state index in [1.807, 2.05) is 37.8 Å². The van der Waals surface area contributed by atoms with Gasteiger partial charge in [0.05, 0.1) is 12.8 Å². The lowest BCUT2D eigenvalue weighted by atomic mass is 9.96. The third kappa shape index (κ3) is 3.84. The van der Waals surface area contributed by atoms with Gasteiger partial charge in [-0.3, -0.25) is 9.48 Å². The summed E-state index contributed by atoms with van der Waals surface area (Å²) < 4.78 is 6.98. The molecule has 0 aliphatic heterocycles. The molecule has 0 fully saturated rings. The zero-order valence-corrected chi connectivity index (χ0v) is 11.7. The van der Waals surface area contributed by atoms with E-state index in [4.69, 9.17) is 4.74 Å². The largest absolute Gasteiger partial charge is 0.465 e. The molecule has 1 N–H and O–H groups in total. The first-order valence-electron chi connectivity index (χ1n) is 6.37. The van der Waals surface area contributed by atoms with Gasteiger partial charge in [0.25, 0.3) is 0 Å². The molecule has 18 heavy (non-hydrogen) atoms. The van der Waals surface area contributed by atoms with Crippen LogP contribution in [0.15, 0.2) is 12.4 Å². The molecule has 5 heteroatoms. The number of nitrogens with zero attached hydrogens (tertiary/aromatic N) is 2. The fourth-order valence-electron chi connectivity index (χ4n) is 1.80. The van der Waals surface area contributed by atoms with Crippen molar-refractivity contribution in [1.82, 2.24) is 15.1 Å². The van der Waals surface area contributed by atoms with E-state index >= 15 is 0 Å². The zero-order chi connectivity index (χ0) is 13.6. The molecular formula is C13H23N3O2. The number of ether oxygens (including phenoxy) is 1. The number of rotatable bonds is 7. The normalized spacial score (nSPS) is 14.2. The van der Waals surface area contributed by atoms with Crippen LogP contribution in [0.1, 0.15) is 32.3 Å². The first-order valence-corrected chi connectivity index (χ1v) is 6.37. The SMILES string of the molecule is CCOC(=O)C(C)(CCCn1cc(C)cn1)NC. The molecule has 1 rings (SSSR count). The molecule has 0 aliphatic carbocycles. The van der Waals surface area contributed by atoms with Crippen molar-refractivity contribution in [2.45, 2.75) is 45.7 Å². The number of hydrogen-bond acceptors (Lipinski definition) is 4. The van der Waals surface area contributed by atoms with Crippen molar-refractivity contribution in [3.63, 3.8) is 0 Å². The topological polar surface area (TPSA) is 56.2 Å². The quantitative estimate of drug-likeness (QED) is 0.748. The van der Waals surface area contributed by atoms with Crippen LogP contribution in [-0.2, 0) is 16.1 Å². The van der Waals surface area contributed by atoms with E-state index in [0.717, 1.165) is 24.9 Å². The Bertz CT molecular complexity index is 389. The van der Waals surface area contributed by atoms with Gasteiger partial charge in [-0.2, -0.15) is 5.10 Å². The molecule has 0 saturated carbocycles. The van der Waals surface area contributed by atoms with Crippen LogP contribution in [-0.4, -0.2) is 34.9 Å². The Balaban J connectivity index is 2.46. The number of carbonyl (C=O) groups is 1. The molecule has 1 heterocycles. The van der Waals surface area contributed by atoms with Crippen molar-refractivity contribution in [2.75, 3.05) is 13.7 Å². The molecule has 5 nitrogen and oxygen atoms in total. The molecule has 0 saturated heterocycles. The highest BCUT2D eigenvalue weighted by Gasteiger charge is 2.32. The lowest BCUT2D eigenvalue weighted by Crippen LogP contribution is -2.48. The number of aromatic nitrogens is 2. The summed E-state index contributed by atoms with van der Waals surface area (Å²) in [7, 11) is 1.79. The highest BCUT2D eigenvalue weighted by atomic mass is 16.5. The van der Waals surface area contributed by atoms with Gasteiger partial charge in [-0.1, -0.05) is 0 Å². The van der Waals surface area contributed by atoms with E-state index in [1.54, 1.807) is 7.05 Å². The summed E-state index contributed by atoms with van der Waals surface area (Å²) >= 11 is 0. The maximum absolute atomic E-state index is 11.8. The standard InChI is InChI=1S/C13H23N3O2/c1-5-18-12(17)13(3,14-4)7-6-8-16-10-11(2)9-15-16/h9-10,14H,5-8H2,1-4H3. The van der Waals surface area contributed by atoms with Gasteiger partial charge in [0.2, 0.25) is 0 Å². The number of carbonyl (C=O) groups excluding carboxylic acids is 1. The highest BCUT2D eigenvalue weighted by Crippen LogP contribution is 2.15. The Morgan fingerprint density at radius 2 is 2.33 bits per heavy atom. The van der Waals surface area contributed by atoms with Gasteiger partial charge in [0.1, 0.15) is 5.54 Å². The van der Waals surface area contributed by atoms with Crippen molar-refractivity contribution in [3.8, 4) is 0 Å². The summed E-state index contributed by atoms with van der Waals surface area (Å²) in [5.74, 6) is -0.191. The van der Waals surface area contributed by atoms with Gasteiger partial charge >= 0.3 is 5.97 Å². The highest BCUT2D eigenvalue weighted by molar-refractivity contribution is 5.80. The molecule has 102 valence electrons. The van der Waals surface area contributed by atoms with Crippen LogP contribution in [0.3, 0.4) is 0 Å². The summed E-state index contributed by atoms with van der Waals surface area (Å²) in [5, 5.41) is 7.27. The van der Waals surface area contributed by atoms with Gasteiger partial charge in [0, 0.05) is 12.7 Å². The van der Waals surface area contributed by atoms with E-state index in [9.17, 15) is 4.79 Å². The fraction of sp³-hybridized carbons (Fsp3) is 0.692. The molecule has 1 aromatic heterocycles. The lowest BCUT2D eigenvalue weighted by molar-refractivity contribution is -0.150. The smallest absolute Gasteiger partial charge is 0.326 e. The van der Waals surface area contributed by atoms with E-state index in [-0.39, 0.29) is 5.97 Å². The Labute approximate surface area is 109 Å². The fourth-order valence-corrected chi connectivity index (χ4v) is 1.80. The molecule has 0 amide bonds. The molecule has 0 spiro atoms. The summed E-state index contributed by atoms with van der Waals surface area (Å²) in [4.78, 5) is 11.8. The van der Waals surface area contributed by atoms with Crippen LogP contribution in [0, 0.1) is 6.92 Å². The minimum Gasteiger partial charge on any atom is -0.465 e. The summed E-state index contributed by atoms with van der Waals surface area (Å²) in [6.45, 7) is 6.93. The third-order valence-corrected chi connectivity index (χ3v) is 3.10. The third-order valence-electron chi connectivity index (χ3n) is 3.10. The van der Waals surface area contributed by atoms with Crippen LogP contribution >= 0.6 is 0 Å². The van der Waals surface area contributed by atoms with Crippen LogP contribution in [0.4, 0.5) is 0 Å². The monoisotopic (exact) mass is 253 g/mol. The predicted octanol–water partition coefficient (Wildman–Crippen LogP) is 1.51. The molecule has 0 bridgehead atoms. The van der Waals surface area contributed by atoms with E-state index < -0.39 is 5.54 Å². The first-order chi connectivity index (χ1) is 8.51. The Kier molecular flexibility index (Phi) is 5.34. The Hall–Kier alpha value is -1.36. The molecule has 1 aromatic rings. The van der Waals surface area contributed by atoms with E-state index in [1.165, 1.54) is 0 Å². The van der Waals surface area contributed by atoms with Crippen molar-refractivity contribution >= 4 is 5.97 Å². The zero-order valence-electron chi connectivity index (χ0n) is 11.7. The number of nitrogens with one attached hydrogen (secondary N) is 1. The van der Waals surface area contributed by atoms with Crippen LogP contribution in [0.25, 0.3) is 0 Å². The van der Waals surface area contributed by atoms with Gasteiger partial charge < -0.3 is 10.1 Å². The van der Waals surface area contributed by atoms with Crippen LogP contribution in [0.2, 0.25) is 0 Å². The van der Waals surface area contributed by atoms with Crippen molar-refractivity contribution in [1.29, 1.82) is 0 Å². The van der Waals surface area contributed by atoms with Gasteiger partial charge in [0.15, 0.2) is 0 Å². The number of aryl methyl sites for hydroxylation is 2.